The van der Waals surface area contributed by atoms with Crippen molar-refractivity contribution >= 4 is 23.9 Å². The molecule has 2 heterocycles. The van der Waals surface area contributed by atoms with Gasteiger partial charge >= 0.3 is 0 Å². The second-order valence-corrected chi connectivity index (χ2v) is 3.16. The third-order valence-electron chi connectivity index (χ3n) is 2.37. The third-order valence-corrected chi connectivity index (χ3v) is 2.37. The highest BCUT2D eigenvalue weighted by atomic mass is 16.1. The van der Waals surface area contributed by atoms with Crippen molar-refractivity contribution in [2.45, 2.75) is 0 Å². The number of benzene rings is 1. The van der Waals surface area contributed by atoms with Crippen molar-refractivity contribution in [3.8, 4) is 0 Å². The molecule has 0 unspecified atom stereocenters. The van der Waals surface area contributed by atoms with Gasteiger partial charge in [0.2, 0.25) is 0 Å². The van der Waals surface area contributed by atoms with Crippen LogP contribution in [-0.4, -0.2) is 18.8 Å². The Morgan fingerprint density at radius 2 is 2.29 bits per heavy atom. The van der Waals surface area contributed by atoms with Crippen molar-refractivity contribution in [1.29, 1.82) is 0 Å². The number of carbonyl (C=O) groups excluding carboxylic acids is 1. The first-order valence-electron chi connectivity index (χ1n) is 4.36. The van der Waals surface area contributed by atoms with Gasteiger partial charge in [-0.3, -0.25) is 14.8 Å². The van der Waals surface area contributed by atoms with Gasteiger partial charge in [0.05, 0.1) is 16.6 Å². The van der Waals surface area contributed by atoms with Gasteiger partial charge in [-0.1, -0.05) is 0 Å². The van der Waals surface area contributed by atoms with Gasteiger partial charge in [-0.15, -0.1) is 0 Å². The summed E-state index contributed by atoms with van der Waals surface area (Å²) in [6.07, 6.45) is 3.61. The summed E-state index contributed by atoms with van der Waals surface area (Å²) in [5.74, 6) is -0.0573. The van der Waals surface area contributed by atoms with Gasteiger partial charge in [0.1, 0.15) is 6.67 Å². The first-order chi connectivity index (χ1) is 6.86. The number of rotatable bonds is 0. The molecule has 68 valence electrons. The average molecular weight is 185 g/mol. The van der Waals surface area contributed by atoms with Crippen LogP contribution in [0.5, 0.6) is 0 Å². The van der Waals surface area contributed by atoms with E-state index < -0.39 is 0 Å². The van der Waals surface area contributed by atoms with E-state index in [4.69, 9.17) is 0 Å². The van der Waals surface area contributed by atoms with Gasteiger partial charge < -0.3 is 5.32 Å². The standard InChI is InChI=1S/C10H7N3O/c14-10-7-1-2-8-6(3-4-11-8)9(7)12-5-13-10/h1-4H,5H2,(H,13,14). The van der Waals surface area contributed by atoms with E-state index in [-0.39, 0.29) is 5.91 Å². The fourth-order valence-electron chi connectivity index (χ4n) is 1.71. The predicted molar refractivity (Wildman–Crippen MR) is 52.2 cm³/mol. The van der Waals surface area contributed by atoms with Gasteiger partial charge in [0.15, 0.2) is 0 Å². The molecule has 3 rings (SSSR count). The number of hydrogen-bond acceptors (Lipinski definition) is 3. The molecule has 0 fully saturated rings. The minimum Gasteiger partial charge on any atom is -0.333 e. The van der Waals surface area contributed by atoms with Gasteiger partial charge in [0, 0.05) is 11.4 Å². The van der Waals surface area contributed by atoms with E-state index in [0.29, 0.717) is 12.2 Å². The summed E-state index contributed by atoms with van der Waals surface area (Å²) in [5, 5.41) is 4.39. The molecule has 0 bridgehead atoms. The first kappa shape index (κ1) is 7.44. The minimum absolute atomic E-state index is 0.0573. The highest BCUT2D eigenvalue weighted by molar-refractivity contribution is 5.99. The molecule has 0 aromatic heterocycles. The average Bonchev–Trinajstić information content (AvgIpc) is 2.66. The van der Waals surface area contributed by atoms with E-state index in [1.165, 1.54) is 0 Å². The monoisotopic (exact) mass is 185 g/mol. The summed E-state index contributed by atoms with van der Waals surface area (Å²) in [6, 6.07) is 3.61. The number of nitrogens with one attached hydrogen (secondary N) is 1. The molecule has 1 aromatic carbocycles. The molecular formula is C10H7N3O. The van der Waals surface area contributed by atoms with Crippen LogP contribution in [0, 0.1) is 0 Å². The lowest BCUT2D eigenvalue weighted by Gasteiger charge is -2.09. The summed E-state index contributed by atoms with van der Waals surface area (Å²) in [6.45, 7) is 0.357. The predicted octanol–water partition coefficient (Wildman–Crippen LogP) is -0.497. The molecule has 0 spiro atoms. The number of hydrogen-bond donors (Lipinski definition) is 1. The number of aliphatic imine (C=N–C) groups is 1. The molecule has 14 heavy (non-hydrogen) atoms. The van der Waals surface area contributed by atoms with E-state index >= 15 is 0 Å². The van der Waals surface area contributed by atoms with E-state index in [1.54, 1.807) is 12.3 Å². The van der Waals surface area contributed by atoms with Crippen LogP contribution in [0.1, 0.15) is 10.4 Å². The quantitative estimate of drug-likeness (QED) is 0.582. The van der Waals surface area contributed by atoms with Crippen LogP contribution in [0.2, 0.25) is 0 Å². The van der Waals surface area contributed by atoms with Crippen LogP contribution in [0.4, 0.5) is 5.69 Å². The summed E-state index contributed by atoms with van der Waals surface area (Å²) >= 11 is 0. The molecule has 0 atom stereocenters. The fraction of sp³-hybridized carbons (Fsp3) is 0.100. The van der Waals surface area contributed by atoms with Crippen LogP contribution in [0.3, 0.4) is 0 Å². The Morgan fingerprint density at radius 1 is 1.36 bits per heavy atom. The molecule has 4 heteroatoms. The molecule has 0 aliphatic carbocycles. The van der Waals surface area contributed by atoms with Crippen LogP contribution >= 0.6 is 0 Å². The Hall–Kier alpha value is -1.97. The molecule has 4 nitrogen and oxygen atoms in total. The van der Waals surface area contributed by atoms with Crippen molar-refractivity contribution < 1.29 is 4.79 Å². The number of amides is 1. The van der Waals surface area contributed by atoms with Crippen LogP contribution < -0.4 is 15.9 Å². The topological polar surface area (TPSA) is 53.8 Å². The maximum atomic E-state index is 11.5. The van der Waals surface area contributed by atoms with Crippen LogP contribution in [-0.2, 0) is 0 Å². The maximum Gasteiger partial charge on any atom is 0.254 e. The highest BCUT2D eigenvalue weighted by Crippen LogP contribution is 2.07. The first-order valence-corrected chi connectivity index (χ1v) is 4.36. The number of carbonyl (C=O) groups is 1. The number of nitrogens with zero attached hydrogens (tertiary/aromatic N) is 2. The van der Waals surface area contributed by atoms with E-state index in [1.807, 2.05) is 12.1 Å². The largest absolute Gasteiger partial charge is 0.333 e. The zero-order valence-corrected chi connectivity index (χ0v) is 7.32. The smallest absolute Gasteiger partial charge is 0.254 e. The second kappa shape index (κ2) is 2.51. The normalized spacial score (nSPS) is 16.4. The van der Waals surface area contributed by atoms with Gasteiger partial charge in [-0.25, -0.2) is 0 Å². The lowest BCUT2D eigenvalue weighted by molar-refractivity contribution is 0.0947. The van der Waals surface area contributed by atoms with E-state index in [0.717, 1.165) is 16.3 Å². The van der Waals surface area contributed by atoms with E-state index in [2.05, 4.69) is 15.3 Å². The Kier molecular flexibility index (Phi) is 1.33. The SMILES string of the molecule is O=C1NCN=c2c1ccc1c2=CC=N1. The zero-order chi connectivity index (χ0) is 9.54. The van der Waals surface area contributed by atoms with Crippen molar-refractivity contribution in [1.82, 2.24) is 5.32 Å². The lowest BCUT2D eigenvalue weighted by atomic mass is 10.1. The Morgan fingerprint density at radius 3 is 3.21 bits per heavy atom. The minimum atomic E-state index is -0.0573. The zero-order valence-electron chi connectivity index (χ0n) is 7.32. The van der Waals surface area contributed by atoms with E-state index in [9.17, 15) is 4.79 Å². The maximum absolute atomic E-state index is 11.5. The molecule has 1 aromatic rings. The number of fused-ring (bicyclic) bond motifs is 3. The molecule has 0 saturated heterocycles. The van der Waals surface area contributed by atoms with Crippen molar-refractivity contribution in [3.05, 3.63) is 28.3 Å². The molecule has 2 aliphatic rings. The van der Waals surface area contributed by atoms with Crippen molar-refractivity contribution in [3.63, 3.8) is 0 Å². The van der Waals surface area contributed by atoms with Gasteiger partial charge in [-0.2, -0.15) is 0 Å². The summed E-state index contributed by atoms with van der Waals surface area (Å²) in [5.41, 5.74) is 1.53. The summed E-state index contributed by atoms with van der Waals surface area (Å²) in [4.78, 5) is 19.9. The molecule has 2 aliphatic heterocycles. The molecule has 0 saturated carbocycles. The Bertz CT molecular complexity index is 572. The third kappa shape index (κ3) is 0.849. The Balaban J connectivity index is 2.47. The van der Waals surface area contributed by atoms with Gasteiger partial charge in [0.25, 0.3) is 5.91 Å². The molecular weight excluding hydrogens is 178 g/mol. The molecule has 1 amide bonds. The second-order valence-electron chi connectivity index (χ2n) is 3.16. The molecule has 1 N–H and O–H groups in total. The molecule has 0 radical (unpaired) electrons. The Labute approximate surface area is 79.7 Å². The van der Waals surface area contributed by atoms with Gasteiger partial charge in [-0.05, 0) is 18.2 Å². The van der Waals surface area contributed by atoms with Crippen LogP contribution in [0.15, 0.2) is 22.1 Å². The lowest BCUT2D eigenvalue weighted by Crippen LogP contribution is -2.41. The summed E-state index contributed by atoms with van der Waals surface area (Å²) in [7, 11) is 0. The fourth-order valence-corrected chi connectivity index (χ4v) is 1.71. The van der Waals surface area contributed by atoms with Crippen molar-refractivity contribution in [2.75, 3.05) is 6.67 Å². The highest BCUT2D eigenvalue weighted by Gasteiger charge is 2.14. The van der Waals surface area contributed by atoms with Crippen molar-refractivity contribution in [2.24, 2.45) is 9.98 Å². The summed E-state index contributed by atoms with van der Waals surface area (Å²) < 4.78 is 0. The van der Waals surface area contributed by atoms with Crippen LogP contribution in [0.25, 0.3) is 6.08 Å².